The van der Waals surface area contributed by atoms with Gasteiger partial charge in [-0.05, 0) is 65.8 Å². The van der Waals surface area contributed by atoms with Crippen molar-refractivity contribution in [3.8, 4) is 31.3 Å². The molecule has 0 fully saturated rings. The lowest BCUT2D eigenvalue weighted by Crippen LogP contribution is -1.92. The van der Waals surface area contributed by atoms with Gasteiger partial charge in [-0.15, -0.1) is 22.7 Å². The zero-order valence-corrected chi connectivity index (χ0v) is 18.9. The summed E-state index contributed by atoms with van der Waals surface area (Å²) in [5.41, 5.74) is 6.53. The topological polar surface area (TPSA) is 0 Å². The van der Waals surface area contributed by atoms with Gasteiger partial charge in [0, 0.05) is 19.5 Å². The highest BCUT2D eigenvalue weighted by Gasteiger charge is 2.10. The van der Waals surface area contributed by atoms with Crippen LogP contribution < -0.4 is 0 Å². The Hall–Kier alpha value is -2.68. The average Bonchev–Trinajstić information content (AvgIpc) is 3.45. The van der Waals surface area contributed by atoms with Gasteiger partial charge in [0.25, 0.3) is 0 Å². The lowest BCUT2D eigenvalue weighted by molar-refractivity contribution is 0.739. The molecule has 0 amide bonds. The van der Waals surface area contributed by atoms with E-state index in [1.165, 1.54) is 47.3 Å². The van der Waals surface area contributed by atoms with E-state index in [2.05, 4.69) is 105 Å². The summed E-state index contributed by atoms with van der Waals surface area (Å²) in [7, 11) is 0. The van der Waals surface area contributed by atoms with E-state index < -0.39 is 0 Å². The van der Waals surface area contributed by atoms with Crippen LogP contribution >= 0.6 is 22.7 Å². The van der Waals surface area contributed by atoms with Crippen LogP contribution in [0.4, 0.5) is 0 Å². The molecule has 2 aromatic heterocycles. The first-order valence-electron chi connectivity index (χ1n) is 10.4. The minimum absolute atomic E-state index is 0.657. The number of hydrogen-bond donors (Lipinski definition) is 0. The minimum atomic E-state index is 0.657. The molecule has 30 heavy (non-hydrogen) atoms. The monoisotopic (exact) mass is 424 g/mol. The molecule has 1 unspecified atom stereocenters. The molecule has 0 saturated heterocycles. The van der Waals surface area contributed by atoms with Crippen molar-refractivity contribution in [2.24, 2.45) is 5.92 Å². The Balaban J connectivity index is 1.35. The van der Waals surface area contributed by atoms with Gasteiger partial charge >= 0.3 is 0 Å². The molecule has 0 aliphatic heterocycles. The molecule has 1 atom stereocenters. The molecule has 148 valence electrons. The van der Waals surface area contributed by atoms with Crippen LogP contribution in [0.25, 0.3) is 36.9 Å². The first-order valence-corrected chi connectivity index (χ1v) is 12.1. The van der Waals surface area contributed by atoms with Crippen LogP contribution in [-0.4, -0.2) is 0 Å². The number of aryl methyl sites for hydroxylation is 1. The van der Waals surface area contributed by atoms with Crippen molar-refractivity contribution in [2.45, 2.75) is 20.3 Å². The zero-order valence-electron chi connectivity index (χ0n) is 17.3. The van der Waals surface area contributed by atoms with Crippen molar-refractivity contribution in [1.82, 2.24) is 0 Å². The van der Waals surface area contributed by atoms with Crippen molar-refractivity contribution in [1.29, 1.82) is 0 Å². The lowest BCUT2D eigenvalue weighted by Gasteiger charge is -2.10. The van der Waals surface area contributed by atoms with Crippen molar-refractivity contribution in [3.05, 3.63) is 101 Å². The molecule has 0 saturated carbocycles. The molecule has 1 aliphatic carbocycles. The van der Waals surface area contributed by atoms with Crippen LogP contribution in [-0.2, 0) is 0 Å². The van der Waals surface area contributed by atoms with Gasteiger partial charge in [0.1, 0.15) is 0 Å². The maximum atomic E-state index is 2.37. The third-order valence-corrected chi connectivity index (χ3v) is 7.97. The summed E-state index contributed by atoms with van der Waals surface area (Å²) in [6.45, 7) is 4.40. The molecule has 0 nitrogen and oxygen atoms in total. The van der Waals surface area contributed by atoms with E-state index in [1.807, 2.05) is 22.7 Å². The second-order valence-corrected chi connectivity index (χ2v) is 10.2. The summed E-state index contributed by atoms with van der Waals surface area (Å²) in [6, 6.07) is 26.8. The van der Waals surface area contributed by atoms with Crippen LogP contribution in [0, 0.1) is 12.8 Å². The van der Waals surface area contributed by atoms with Gasteiger partial charge in [0.2, 0.25) is 0 Å². The fraction of sp³-hybridized carbons (Fsp3) is 0.143. The molecule has 0 N–H and O–H groups in total. The largest absolute Gasteiger partial charge is 0.135 e. The van der Waals surface area contributed by atoms with Crippen LogP contribution in [0.3, 0.4) is 0 Å². The van der Waals surface area contributed by atoms with E-state index in [1.54, 1.807) is 0 Å². The standard InChI is InChI=1S/C28H24S2/c1-19-3-7-21(8-4-19)25-15-17-27(29-25)23-11-13-24(14-12-23)28-18-16-26(30-28)22-9-5-20(2)6-10-22/h3-5,7-18,20H,6H2,1-2H3. The SMILES string of the molecule is Cc1ccc(-c2ccc(-c3ccc(-c4ccc(C5=CCC(C)C=C5)s4)cc3)s2)cc1. The van der Waals surface area contributed by atoms with E-state index in [0.29, 0.717) is 5.92 Å². The normalized spacial score (nSPS) is 15.9. The summed E-state index contributed by atoms with van der Waals surface area (Å²) in [5, 5.41) is 0. The third kappa shape index (κ3) is 3.98. The van der Waals surface area contributed by atoms with E-state index in [-0.39, 0.29) is 0 Å². The quantitative estimate of drug-likeness (QED) is 0.306. The predicted octanol–water partition coefficient (Wildman–Crippen LogP) is 9.10. The number of thiophene rings is 2. The summed E-state index contributed by atoms with van der Waals surface area (Å²) >= 11 is 3.74. The van der Waals surface area contributed by atoms with Crippen molar-refractivity contribution < 1.29 is 0 Å². The molecule has 0 radical (unpaired) electrons. The third-order valence-electron chi connectivity index (χ3n) is 5.60. The predicted molar refractivity (Wildman–Crippen MR) is 134 cm³/mol. The minimum Gasteiger partial charge on any atom is -0.135 e. The summed E-state index contributed by atoms with van der Waals surface area (Å²) in [5.74, 6) is 0.657. The highest BCUT2D eigenvalue weighted by Crippen LogP contribution is 2.37. The molecular weight excluding hydrogens is 400 g/mol. The summed E-state index contributed by atoms with van der Waals surface area (Å²) in [6.07, 6.45) is 8.09. The maximum absolute atomic E-state index is 2.37. The van der Waals surface area contributed by atoms with E-state index in [4.69, 9.17) is 0 Å². The summed E-state index contributed by atoms with van der Waals surface area (Å²) < 4.78 is 0. The number of benzene rings is 2. The van der Waals surface area contributed by atoms with Gasteiger partial charge in [-0.3, -0.25) is 0 Å². The maximum Gasteiger partial charge on any atom is 0.0349 e. The fourth-order valence-electron chi connectivity index (χ4n) is 3.72. The van der Waals surface area contributed by atoms with Crippen LogP contribution in [0.15, 0.2) is 91.0 Å². The molecule has 2 heteroatoms. The second-order valence-electron chi connectivity index (χ2n) is 8.00. The molecule has 2 aromatic carbocycles. The highest BCUT2D eigenvalue weighted by atomic mass is 32.1. The second kappa shape index (κ2) is 8.22. The Morgan fingerprint density at radius 2 is 1.10 bits per heavy atom. The van der Waals surface area contributed by atoms with Crippen LogP contribution in [0.2, 0.25) is 0 Å². The van der Waals surface area contributed by atoms with Crippen molar-refractivity contribution in [3.63, 3.8) is 0 Å². The Kier molecular flexibility index (Phi) is 5.28. The fourth-order valence-corrected chi connectivity index (χ4v) is 5.77. The van der Waals surface area contributed by atoms with Gasteiger partial charge in [0.05, 0.1) is 0 Å². The molecule has 0 spiro atoms. The number of rotatable bonds is 4. The van der Waals surface area contributed by atoms with Crippen molar-refractivity contribution >= 4 is 28.2 Å². The Morgan fingerprint density at radius 1 is 0.633 bits per heavy atom. The van der Waals surface area contributed by atoms with Gasteiger partial charge < -0.3 is 0 Å². The first kappa shape index (κ1) is 19.3. The molecule has 4 aromatic rings. The Labute approximate surface area is 186 Å². The molecule has 1 aliphatic rings. The van der Waals surface area contributed by atoms with Crippen molar-refractivity contribution in [2.75, 3.05) is 0 Å². The van der Waals surface area contributed by atoms with Crippen LogP contribution in [0.5, 0.6) is 0 Å². The summed E-state index contributed by atoms with van der Waals surface area (Å²) in [4.78, 5) is 5.32. The Morgan fingerprint density at radius 3 is 1.60 bits per heavy atom. The van der Waals surface area contributed by atoms with Crippen LogP contribution in [0.1, 0.15) is 23.8 Å². The van der Waals surface area contributed by atoms with Gasteiger partial charge in [-0.1, -0.05) is 79.2 Å². The number of allylic oxidation sites excluding steroid dienone is 4. The molecule has 0 bridgehead atoms. The highest BCUT2D eigenvalue weighted by molar-refractivity contribution is 7.18. The van der Waals surface area contributed by atoms with Gasteiger partial charge in [-0.2, -0.15) is 0 Å². The molecular formula is C28H24S2. The van der Waals surface area contributed by atoms with Gasteiger partial charge in [0.15, 0.2) is 0 Å². The Bertz CT molecular complexity index is 1210. The van der Waals surface area contributed by atoms with E-state index >= 15 is 0 Å². The lowest BCUT2D eigenvalue weighted by atomic mass is 9.98. The molecule has 2 heterocycles. The first-order chi connectivity index (χ1) is 14.7. The smallest absolute Gasteiger partial charge is 0.0349 e. The van der Waals surface area contributed by atoms with E-state index in [0.717, 1.165) is 6.42 Å². The van der Waals surface area contributed by atoms with E-state index in [9.17, 15) is 0 Å². The average molecular weight is 425 g/mol. The number of hydrogen-bond acceptors (Lipinski definition) is 2. The van der Waals surface area contributed by atoms with Gasteiger partial charge in [-0.25, -0.2) is 0 Å². The zero-order chi connectivity index (χ0) is 20.5. The molecule has 5 rings (SSSR count).